The average molecular weight is 466 g/mol. The van der Waals surface area contributed by atoms with Gasteiger partial charge in [0.25, 0.3) is 5.91 Å². The van der Waals surface area contributed by atoms with Crippen LogP contribution in [0.1, 0.15) is 42.6 Å². The highest BCUT2D eigenvalue weighted by Crippen LogP contribution is 2.39. The van der Waals surface area contributed by atoms with Crippen LogP contribution < -0.4 is 9.47 Å². The third-order valence-corrected chi connectivity index (χ3v) is 6.38. The number of halogens is 1. The first-order valence-corrected chi connectivity index (χ1v) is 11.4. The molecule has 3 aromatic rings. The SMILES string of the molecule is CC(Oc1ccc2c(c1)OCC=C2c1ccccc1Cl)C(=O)N1CCCC(c2nn[nH]n2)C1. The van der Waals surface area contributed by atoms with Crippen molar-refractivity contribution in [3.8, 4) is 11.5 Å². The molecule has 1 aromatic heterocycles. The summed E-state index contributed by atoms with van der Waals surface area (Å²) >= 11 is 6.41. The van der Waals surface area contributed by atoms with E-state index in [0.29, 0.717) is 42.0 Å². The Labute approximate surface area is 196 Å². The number of fused-ring (bicyclic) bond motifs is 1. The van der Waals surface area contributed by atoms with E-state index in [2.05, 4.69) is 20.6 Å². The molecule has 2 unspecified atom stereocenters. The van der Waals surface area contributed by atoms with Crippen molar-refractivity contribution in [2.75, 3.05) is 19.7 Å². The topological polar surface area (TPSA) is 93.2 Å². The van der Waals surface area contributed by atoms with Crippen LogP contribution in [0.3, 0.4) is 0 Å². The second kappa shape index (κ2) is 9.23. The highest BCUT2D eigenvalue weighted by atomic mass is 35.5. The van der Waals surface area contributed by atoms with E-state index in [1.807, 2.05) is 53.4 Å². The summed E-state index contributed by atoms with van der Waals surface area (Å²) < 4.78 is 11.9. The number of nitrogens with one attached hydrogen (secondary N) is 1. The number of nitrogens with zero attached hydrogens (tertiary/aromatic N) is 4. The summed E-state index contributed by atoms with van der Waals surface area (Å²) in [5.41, 5.74) is 2.93. The van der Waals surface area contributed by atoms with Crippen LogP contribution in [-0.2, 0) is 4.79 Å². The molecule has 1 N–H and O–H groups in total. The second-order valence-electron chi connectivity index (χ2n) is 8.22. The van der Waals surface area contributed by atoms with Crippen molar-refractivity contribution in [2.45, 2.75) is 31.8 Å². The van der Waals surface area contributed by atoms with Gasteiger partial charge in [-0.05, 0) is 49.6 Å². The second-order valence-corrected chi connectivity index (χ2v) is 8.63. The zero-order valence-corrected chi connectivity index (χ0v) is 19.0. The average Bonchev–Trinajstić information content (AvgIpc) is 3.39. The van der Waals surface area contributed by atoms with Crippen LogP contribution in [0.25, 0.3) is 5.57 Å². The Kier molecular flexibility index (Phi) is 6.00. The van der Waals surface area contributed by atoms with Crippen LogP contribution in [-0.4, -0.2) is 57.2 Å². The number of likely N-dealkylation sites (tertiary alicyclic amines) is 1. The van der Waals surface area contributed by atoms with Gasteiger partial charge >= 0.3 is 0 Å². The van der Waals surface area contributed by atoms with Crippen molar-refractivity contribution in [3.63, 3.8) is 0 Å². The maximum atomic E-state index is 13.1. The zero-order valence-electron chi connectivity index (χ0n) is 18.2. The van der Waals surface area contributed by atoms with E-state index in [1.165, 1.54) is 0 Å². The maximum Gasteiger partial charge on any atom is 0.263 e. The highest BCUT2D eigenvalue weighted by molar-refractivity contribution is 6.32. The lowest BCUT2D eigenvalue weighted by molar-refractivity contribution is -0.139. The molecule has 5 rings (SSSR count). The number of piperidine rings is 1. The van der Waals surface area contributed by atoms with E-state index in [-0.39, 0.29) is 11.8 Å². The largest absolute Gasteiger partial charge is 0.489 e. The van der Waals surface area contributed by atoms with Crippen molar-refractivity contribution in [3.05, 3.63) is 70.5 Å². The summed E-state index contributed by atoms with van der Waals surface area (Å²) in [4.78, 5) is 14.9. The van der Waals surface area contributed by atoms with Gasteiger partial charge in [0.15, 0.2) is 11.9 Å². The van der Waals surface area contributed by atoms with Crippen LogP contribution in [0.15, 0.2) is 48.5 Å². The van der Waals surface area contributed by atoms with Gasteiger partial charge in [0.2, 0.25) is 0 Å². The van der Waals surface area contributed by atoms with Gasteiger partial charge in [-0.2, -0.15) is 5.21 Å². The molecule has 0 radical (unpaired) electrons. The van der Waals surface area contributed by atoms with Crippen molar-refractivity contribution in [1.29, 1.82) is 0 Å². The van der Waals surface area contributed by atoms with Gasteiger partial charge in [-0.1, -0.05) is 35.0 Å². The number of aromatic nitrogens is 4. The molecule has 33 heavy (non-hydrogen) atoms. The van der Waals surface area contributed by atoms with Crippen LogP contribution in [0.5, 0.6) is 11.5 Å². The quantitative estimate of drug-likeness (QED) is 0.615. The number of H-pyrrole nitrogens is 1. The molecule has 3 heterocycles. The molecule has 0 spiro atoms. The Morgan fingerprint density at radius 3 is 2.97 bits per heavy atom. The number of hydrogen-bond acceptors (Lipinski definition) is 6. The molecule has 0 aliphatic carbocycles. The van der Waals surface area contributed by atoms with Crippen LogP contribution >= 0.6 is 11.6 Å². The summed E-state index contributed by atoms with van der Waals surface area (Å²) in [6.45, 7) is 3.47. The molecule has 2 atom stereocenters. The molecule has 0 bridgehead atoms. The molecule has 170 valence electrons. The molecule has 2 aliphatic rings. The van der Waals surface area contributed by atoms with Crippen molar-refractivity contribution < 1.29 is 14.3 Å². The molecule has 1 amide bonds. The number of carbonyl (C=O) groups excluding carboxylic acids is 1. The van der Waals surface area contributed by atoms with E-state index in [0.717, 1.165) is 29.5 Å². The summed E-state index contributed by atoms with van der Waals surface area (Å²) in [7, 11) is 0. The van der Waals surface area contributed by atoms with Gasteiger partial charge < -0.3 is 14.4 Å². The number of rotatable bonds is 5. The number of hydrogen-bond donors (Lipinski definition) is 1. The lowest BCUT2D eigenvalue weighted by atomic mass is 9.95. The Hall–Kier alpha value is -3.39. The minimum Gasteiger partial charge on any atom is -0.489 e. The number of aromatic amines is 1. The molecular weight excluding hydrogens is 442 g/mol. The summed E-state index contributed by atoms with van der Waals surface area (Å²) in [6.07, 6.45) is 3.21. The molecule has 8 nitrogen and oxygen atoms in total. The van der Waals surface area contributed by atoms with Gasteiger partial charge in [0.1, 0.15) is 18.1 Å². The molecule has 2 aliphatic heterocycles. The number of ether oxygens (including phenoxy) is 2. The Bertz CT molecular complexity index is 1180. The normalized spacial score (nSPS) is 18.7. The monoisotopic (exact) mass is 465 g/mol. The fourth-order valence-electron chi connectivity index (χ4n) is 4.42. The molecular formula is C24H24ClN5O3. The first-order valence-electron chi connectivity index (χ1n) is 11.0. The third kappa shape index (κ3) is 4.43. The molecule has 1 saturated heterocycles. The standard InChI is InChI=1S/C24H24ClN5O3/c1-15(24(31)30-11-4-5-16(14-30)23-26-28-29-27-23)33-17-8-9-20-18(10-12-32-22(20)13-17)19-6-2-3-7-21(19)25/h2-3,6-10,13,15-16H,4-5,11-12,14H2,1H3,(H,26,27,28,29). The minimum atomic E-state index is -0.630. The van der Waals surface area contributed by atoms with Crippen LogP contribution in [0, 0.1) is 0 Å². The summed E-state index contributed by atoms with van der Waals surface area (Å²) in [6, 6.07) is 13.4. The van der Waals surface area contributed by atoms with Gasteiger partial charge in [0.05, 0.1) is 0 Å². The van der Waals surface area contributed by atoms with Gasteiger partial charge in [-0.3, -0.25) is 4.79 Å². The van der Waals surface area contributed by atoms with Gasteiger partial charge in [-0.25, -0.2) is 0 Å². The highest BCUT2D eigenvalue weighted by Gasteiger charge is 2.30. The van der Waals surface area contributed by atoms with Gasteiger partial charge in [-0.15, -0.1) is 10.2 Å². The van der Waals surface area contributed by atoms with Crippen molar-refractivity contribution >= 4 is 23.1 Å². The van der Waals surface area contributed by atoms with E-state index in [9.17, 15) is 4.79 Å². The predicted molar refractivity (Wildman–Crippen MR) is 123 cm³/mol. The molecule has 0 saturated carbocycles. The van der Waals surface area contributed by atoms with E-state index in [4.69, 9.17) is 21.1 Å². The summed E-state index contributed by atoms with van der Waals surface area (Å²) in [5, 5.41) is 15.0. The van der Waals surface area contributed by atoms with E-state index in [1.54, 1.807) is 6.92 Å². The van der Waals surface area contributed by atoms with Crippen LogP contribution in [0.4, 0.5) is 0 Å². The minimum absolute atomic E-state index is 0.0570. The third-order valence-electron chi connectivity index (χ3n) is 6.05. The molecule has 9 heteroatoms. The Morgan fingerprint density at radius 2 is 2.15 bits per heavy atom. The first-order chi connectivity index (χ1) is 16.1. The van der Waals surface area contributed by atoms with Crippen molar-refractivity contribution in [1.82, 2.24) is 25.5 Å². The number of tetrazole rings is 1. The number of benzene rings is 2. The Balaban J connectivity index is 1.29. The molecule has 2 aromatic carbocycles. The number of carbonyl (C=O) groups is 1. The Morgan fingerprint density at radius 1 is 1.27 bits per heavy atom. The lowest BCUT2D eigenvalue weighted by Crippen LogP contribution is -2.45. The fraction of sp³-hybridized carbons (Fsp3) is 0.333. The molecule has 1 fully saturated rings. The fourth-order valence-corrected chi connectivity index (χ4v) is 4.66. The van der Waals surface area contributed by atoms with Gasteiger partial charge in [0, 0.05) is 41.2 Å². The summed E-state index contributed by atoms with van der Waals surface area (Å²) in [5.74, 6) is 1.97. The first kappa shape index (κ1) is 21.5. The van der Waals surface area contributed by atoms with Crippen LogP contribution in [0.2, 0.25) is 5.02 Å². The zero-order chi connectivity index (χ0) is 22.8. The smallest absolute Gasteiger partial charge is 0.263 e. The van der Waals surface area contributed by atoms with Crippen molar-refractivity contribution in [2.24, 2.45) is 0 Å². The van der Waals surface area contributed by atoms with E-state index >= 15 is 0 Å². The van der Waals surface area contributed by atoms with E-state index < -0.39 is 6.10 Å². The predicted octanol–water partition coefficient (Wildman–Crippen LogP) is 3.85. The lowest BCUT2D eigenvalue weighted by Gasteiger charge is -2.33. The number of amides is 1. The maximum absolute atomic E-state index is 13.1.